The molecule has 2 aromatic rings. The summed E-state index contributed by atoms with van der Waals surface area (Å²) < 4.78 is 0. The largest absolute Gasteiger partial charge is 0.346 e. The molecule has 7 heteroatoms. The van der Waals surface area contributed by atoms with Gasteiger partial charge < -0.3 is 4.90 Å². The Kier molecular flexibility index (Phi) is 4.41. The molecular weight excluding hydrogens is 315 g/mol. The van der Waals surface area contributed by atoms with Crippen molar-refractivity contribution in [2.24, 2.45) is 0 Å². The first-order valence-corrected chi connectivity index (χ1v) is 8.03. The van der Waals surface area contributed by atoms with E-state index in [1.165, 1.54) is 0 Å². The van der Waals surface area contributed by atoms with Crippen LogP contribution in [-0.2, 0) is 6.54 Å². The maximum atomic E-state index is 6.12. The maximum Gasteiger partial charge on any atom is 0.185 e. The van der Waals surface area contributed by atoms with Gasteiger partial charge in [-0.25, -0.2) is 9.97 Å². The van der Waals surface area contributed by atoms with Gasteiger partial charge in [-0.2, -0.15) is 0 Å². The quantitative estimate of drug-likeness (QED) is 0.810. The van der Waals surface area contributed by atoms with E-state index >= 15 is 0 Å². The number of halogens is 2. The molecule has 0 amide bonds. The van der Waals surface area contributed by atoms with Gasteiger partial charge in [-0.15, -0.1) is 11.3 Å². The van der Waals surface area contributed by atoms with Gasteiger partial charge in [-0.3, -0.25) is 4.90 Å². The number of anilines is 1. The van der Waals surface area contributed by atoms with Crippen molar-refractivity contribution in [2.45, 2.75) is 6.54 Å². The highest BCUT2D eigenvalue weighted by atomic mass is 35.5. The summed E-state index contributed by atoms with van der Waals surface area (Å²) >= 11 is 13.6. The highest BCUT2D eigenvalue weighted by Crippen LogP contribution is 2.22. The zero-order valence-corrected chi connectivity index (χ0v) is 13.1. The van der Waals surface area contributed by atoms with Gasteiger partial charge in [0.15, 0.2) is 5.13 Å². The number of thiazole rings is 1. The molecule has 3 rings (SSSR count). The predicted octanol–water partition coefficient (Wildman–Crippen LogP) is 3.17. The minimum absolute atomic E-state index is 0.437. The number of aromatic nitrogens is 2. The average Bonchev–Trinajstić information content (AvgIpc) is 2.97. The smallest absolute Gasteiger partial charge is 0.185 e. The second-order valence-corrected chi connectivity index (χ2v) is 6.28. The Labute approximate surface area is 132 Å². The van der Waals surface area contributed by atoms with Gasteiger partial charge in [0.25, 0.3) is 0 Å². The lowest BCUT2D eigenvalue weighted by atomic mass is 10.2. The summed E-state index contributed by atoms with van der Waals surface area (Å²) in [6, 6.07) is 3.74. The Morgan fingerprint density at radius 3 is 2.60 bits per heavy atom. The Morgan fingerprint density at radius 1 is 1.15 bits per heavy atom. The van der Waals surface area contributed by atoms with E-state index in [-0.39, 0.29) is 0 Å². The molecule has 0 saturated carbocycles. The van der Waals surface area contributed by atoms with Crippen LogP contribution in [0.4, 0.5) is 5.13 Å². The molecule has 1 saturated heterocycles. The van der Waals surface area contributed by atoms with Crippen molar-refractivity contribution in [2.75, 3.05) is 31.1 Å². The van der Waals surface area contributed by atoms with Crippen LogP contribution in [0.1, 0.15) is 5.56 Å². The fraction of sp³-hybridized carbons (Fsp3) is 0.385. The second-order valence-electron chi connectivity index (χ2n) is 4.66. The van der Waals surface area contributed by atoms with Crippen LogP contribution in [0.25, 0.3) is 0 Å². The SMILES string of the molecule is Clc1ccc(CN2CCN(c3nccs3)CC2)c(Cl)n1. The van der Waals surface area contributed by atoms with Crippen LogP contribution in [0.5, 0.6) is 0 Å². The summed E-state index contributed by atoms with van der Waals surface area (Å²) in [6.45, 7) is 4.80. The van der Waals surface area contributed by atoms with Crippen molar-refractivity contribution in [1.82, 2.24) is 14.9 Å². The van der Waals surface area contributed by atoms with Crippen LogP contribution in [0, 0.1) is 0 Å². The zero-order chi connectivity index (χ0) is 13.9. The molecule has 20 heavy (non-hydrogen) atoms. The van der Waals surface area contributed by atoms with Crippen LogP contribution in [0.3, 0.4) is 0 Å². The zero-order valence-electron chi connectivity index (χ0n) is 10.8. The molecule has 3 heterocycles. The normalized spacial score (nSPS) is 16.6. The molecule has 0 aromatic carbocycles. The molecule has 4 nitrogen and oxygen atoms in total. The third kappa shape index (κ3) is 3.23. The number of rotatable bonds is 3. The number of pyridine rings is 1. The van der Waals surface area contributed by atoms with Crippen LogP contribution >= 0.6 is 34.5 Å². The minimum Gasteiger partial charge on any atom is -0.346 e. The number of piperazine rings is 1. The molecule has 1 aliphatic rings. The molecule has 106 valence electrons. The molecule has 0 radical (unpaired) electrons. The minimum atomic E-state index is 0.437. The first-order chi connectivity index (χ1) is 9.72. The van der Waals surface area contributed by atoms with Gasteiger partial charge in [0.1, 0.15) is 10.3 Å². The van der Waals surface area contributed by atoms with Gasteiger partial charge in [0.05, 0.1) is 0 Å². The Bertz CT molecular complexity index is 568. The van der Waals surface area contributed by atoms with Crippen molar-refractivity contribution in [3.05, 3.63) is 39.6 Å². The van der Waals surface area contributed by atoms with Crippen LogP contribution in [-0.4, -0.2) is 41.0 Å². The van der Waals surface area contributed by atoms with Gasteiger partial charge in [0, 0.05) is 49.9 Å². The Balaban J connectivity index is 1.58. The summed E-state index contributed by atoms with van der Waals surface area (Å²) in [4.78, 5) is 13.1. The second kappa shape index (κ2) is 6.26. The summed E-state index contributed by atoms with van der Waals surface area (Å²) in [5, 5.41) is 4.06. The number of hydrogen-bond donors (Lipinski definition) is 0. The van der Waals surface area contributed by atoms with Gasteiger partial charge in [-0.05, 0) is 6.07 Å². The van der Waals surface area contributed by atoms with Crippen LogP contribution < -0.4 is 4.90 Å². The van der Waals surface area contributed by atoms with Gasteiger partial charge in [0.2, 0.25) is 0 Å². The van der Waals surface area contributed by atoms with E-state index in [1.807, 2.05) is 17.6 Å². The van der Waals surface area contributed by atoms with E-state index < -0.39 is 0 Å². The van der Waals surface area contributed by atoms with Gasteiger partial charge >= 0.3 is 0 Å². The molecule has 0 bridgehead atoms. The average molecular weight is 329 g/mol. The monoisotopic (exact) mass is 328 g/mol. The molecule has 1 aliphatic heterocycles. The summed E-state index contributed by atoms with van der Waals surface area (Å²) in [7, 11) is 0. The molecule has 0 atom stereocenters. The topological polar surface area (TPSA) is 32.3 Å². The van der Waals surface area contributed by atoms with E-state index in [4.69, 9.17) is 23.2 Å². The first kappa shape index (κ1) is 14.1. The maximum absolute atomic E-state index is 6.12. The highest BCUT2D eigenvalue weighted by molar-refractivity contribution is 7.13. The van der Waals surface area contributed by atoms with Crippen molar-refractivity contribution >= 4 is 39.7 Å². The molecule has 0 N–H and O–H groups in total. The third-order valence-electron chi connectivity index (χ3n) is 3.35. The van der Waals surface area contributed by atoms with Gasteiger partial charge in [-0.1, -0.05) is 29.3 Å². The third-order valence-corrected chi connectivity index (χ3v) is 4.72. The number of hydrogen-bond acceptors (Lipinski definition) is 5. The standard InChI is InChI=1S/C13H14Cl2N4S/c14-11-2-1-10(12(15)17-11)9-18-4-6-19(7-5-18)13-16-3-8-20-13/h1-3,8H,4-7,9H2. The highest BCUT2D eigenvalue weighted by Gasteiger charge is 2.19. The van der Waals surface area contributed by atoms with E-state index in [1.54, 1.807) is 17.4 Å². The summed E-state index contributed by atoms with van der Waals surface area (Å²) in [6.07, 6.45) is 1.85. The molecule has 0 spiro atoms. The van der Waals surface area contributed by atoms with Crippen molar-refractivity contribution < 1.29 is 0 Å². The Hall–Kier alpha value is -0.880. The summed E-state index contributed by atoms with van der Waals surface area (Å²) in [5.41, 5.74) is 1.03. The van der Waals surface area contributed by atoms with Crippen molar-refractivity contribution in [1.29, 1.82) is 0 Å². The fourth-order valence-electron chi connectivity index (χ4n) is 2.27. The molecule has 1 fully saturated rings. The van der Waals surface area contributed by atoms with E-state index in [0.29, 0.717) is 10.3 Å². The lowest BCUT2D eigenvalue weighted by molar-refractivity contribution is 0.249. The van der Waals surface area contributed by atoms with Crippen LogP contribution in [0.15, 0.2) is 23.7 Å². The molecule has 0 aliphatic carbocycles. The predicted molar refractivity (Wildman–Crippen MR) is 83.9 cm³/mol. The van der Waals surface area contributed by atoms with Crippen molar-refractivity contribution in [3.63, 3.8) is 0 Å². The Morgan fingerprint density at radius 2 is 1.95 bits per heavy atom. The number of nitrogens with zero attached hydrogens (tertiary/aromatic N) is 4. The fourth-order valence-corrected chi connectivity index (χ4v) is 3.37. The van der Waals surface area contributed by atoms with E-state index in [9.17, 15) is 0 Å². The van der Waals surface area contributed by atoms with Crippen molar-refractivity contribution in [3.8, 4) is 0 Å². The summed E-state index contributed by atoms with van der Waals surface area (Å²) in [5.74, 6) is 0. The van der Waals surface area contributed by atoms with E-state index in [2.05, 4.69) is 19.8 Å². The lowest BCUT2D eigenvalue weighted by Crippen LogP contribution is -2.46. The lowest BCUT2D eigenvalue weighted by Gasteiger charge is -2.34. The van der Waals surface area contributed by atoms with E-state index in [0.717, 1.165) is 43.4 Å². The molecular formula is C13H14Cl2N4S. The van der Waals surface area contributed by atoms with Crippen LogP contribution in [0.2, 0.25) is 10.3 Å². The first-order valence-electron chi connectivity index (χ1n) is 6.40. The molecule has 2 aromatic heterocycles. The molecule has 0 unspecified atom stereocenters.